The first kappa shape index (κ1) is 19.8. The highest BCUT2D eigenvalue weighted by Crippen LogP contribution is 2.28. The van der Waals surface area contributed by atoms with E-state index in [-0.39, 0.29) is 24.0 Å². The van der Waals surface area contributed by atoms with Crippen LogP contribution in [0.4, 0.5) is 11.6 Å². The van der Waals surface area contributed by atoms with Gasteiger partial charge in [-0.1, -0.05) is 5.16 Å². The maximum Gasteiger partial charge on any atom is 0.269 e. The molecule has 0 aliphatic rings. The van der Waals surface area contributed by atoms with E-state index in [0.29, 0.717) is 16.2 Å². The molecule has 2 aromatic carbocycles. The zero-order valence-electron chi connectivity index (χ0n) is 17.0. The second kappa shape index (κ2) is 7.54. The Kier molecular flexibility index (Phi) is 4.67. The number of nitro groups is 1. The molecule has 3 heterocycles. The molecule has 0 unspecified atom stereocenters. The van der Waals surface area contributed by atoms with E-state index in [2.05, 4.69) is 20.6 Å². The summed E-state index contributed by atoms with van der Waals surface area (Å²) in [5.74, 6) is -0.140. The predicted octanol–water partition coefficient (Wildman–Crippen LogP) is 4.31. The Morgan fingerprint density at radius 2 is 1.97 bits per heavy atom. The summed E-state index contributed by atoms with van der Waals surface area (Å²) in [6.45, 7) is 3.99. The monoisotopic (exact) mass is 448 g/mol. The SMILES string of the molecule is Cc1cc2onc(CC(=O)Nc3nc4scc(-c5ccc([N+](=O)[O-])cc5)n4n3)c2cc1C. The lowest BCUT2D eigenvalue weighted by Gasteiger charge is -2.01. The molecule has 0 spiro atoms. The Balaban J connectivity index is 1.36. The van der Waals surface area contributed by atoms with Crippen LogP contribution in [0.3, 0.4) is 0 Å². The van der Waals surface area contributed by atoms with Crippen LogP contribution in [0.2, 0.25) is 0 Å². The third-order valence-corrected chi connectivity index (χ3v) is 6.01. The Labute approximate surface area is 184 Å². The molecule has 0 saturated heterocycles. The van der Waals surface area contributed by atoms with Gasteiger partial charge in [0.15, 0.2) is 5.58 Å². The van der Waals surface area contributed by atoms with Gasteiger partial charge < -0.3 is 4.52 Å². The number of nitrogens with zero attached hydrogens (tertiary/aromatic N) is 5. The number of anilines is 1. The van der Waals surface area contributed by atoms with Gasteiger partial charge >= 0.3 is 0 Å². The van der Waals surface area contributed by atoms with Gasteiger partial charge in [0.25, 0.3) is 5.69 Å². The minimum Gasteiger partial charge on any atom is -0.356 e. The summed E-state index contributed by atoms with van der Waals surface area (Å²) in [6, 6.07) is 10.0. The molecule has 32 heavy (non-hydrogen) atoms. The molecule has 3 aromatic heterocycles. The number of fused-ring (bicyclic) bond motifs is 2. The molecule has 1 N–H and O–H groups in total. The predicted molar refractivity (Wildman–Crippen MR) is 119 cm³/mol. The largest absolute Gasteiger partial charge is 0.356 e. The second-order valence-electron chi connectivity index (χ2n) is 7.34. The number of nitro benzene ring substituents is 1. The molecule has 5 rings (SSSR count). The highest BCUT2D eigenvalue weighted by molar-refractivity contribution is 7.15. The van der Waals surface area contributed by atoms with Gasteiger partial charge in [-0.15, -0.1) is 16.4 Å². The van der Waals surface area contributed by atoms with Crippen molar-refractivity contribution in [3.8, 4) is 11.3 Å². The molecule has 0 radical (unpaired) electrons. The molecular weight excluding hydrogens is 432 g/mol. The number of rotatable bonds is 5. The van der Waals surface area contributed by atoms with Crippen LogP contribution in [0.25, 0.3) is 27.2 Å². The van der Waals surface area contributed by atoms with E-state index < -0.39 is 4.92 Å². The van der Waals surface area contributed by atoms with Crippen molar-refractivity contribution in [1.82, 2.24) is 19.8 Å². The zero-order chi connectivity index (χ0) is 22.4. The zero-order valence-corrected chi connectivity index (χ0v) is 17.8. The van der Waals surface area contributed by atoms with E-state index in [1.54, 1.807) is 16.6 Å². The third-order valence-electron chi connectivity index (χ3n) is 5.20. The fourth-order valence-corrected chi connectivity index (χ4v) is 4.21. The quantitative estimate of drug-likeness (QED) is 0.313. The minimum absolute atomic E-state index is 0.0116. The van der Waals surface area contributed by atoms with Crippen molar-refractivity contribution in [3.63, 3.8) is 0 Å². The molecule has 0 fully saturated rings. The maximum absolute atomic E-state index is 12.6. The normalized spacial score (nSPS) is 11.3. The first-order chi connectivity index (χ1) is 15.4. The number of hydrogen-bond acceptors (Lipinski definition) is 8. The van der Waals surface area contributed by atoms with Gasteiger partial charge in [-0.3, -0.25) is 20.2 Å². The average Bonchev–Trinajstić information content (AvgIpc) is 3.43. The van der Waals surface area contributed by atoms with Gasteiger partial charge in [0.2, 0.25) is 16.8 Å². The molecule has 0 saturated carbocycles. The van der Waals surface area contributed by atoms with Gasteiger partial charge in [-0.05, 0) is 49.2 Å². The fraction of sp³-hybridized carbons (Fsp3) is 0.143. The first-order valence-corrected chi connectivity index (χ1v) is 10.5. The lowest BCUT2D eigenvalue weighted by atomic mass is 10.1. The smallest absolute Gasteiger partial charge is 0.269 e. The van der Waals surface area contributed by atoms with Crippen molar-refractivity contribution in [1.29, 1.82) is 0 Å². The van der Waals surface area contributed by atoms with E-state index in [4.69, 9.17) is 4.52 Å². The summed E-state index contributed by atoms with van der Waals surface area (Å²) in [6.07, 6.45) is 0.0254. The topological polar surface area (TPSA) is 128 Å². The summed E-state index contributed by atoms with van der Waals surface area (Å²) in [5, 5.41) is 24.6. The number of benzene rings is 2. The summed E-state index contributed by atoms with van der Waals surface area (Å²) in [7, 11) is 0. The third kappa shape index (κ3) is 3.48. The van der Waals surface area contributed by atoms with Gasteiger partial charge in [0, 0.05) is 28.5 Å². The molecular formula is C21H16N6O4S. The van der Waals surface area contributed by atoms with Crippen LogP contribution in [0, 0.1) is 24.0 Å². The van der Waals surface area contributed by atoms with Crippen LogP contribution in [0.5, 0.6) is 0 Å². The van der Waals surface area contributed by atoms with Crippen molar-refractivity contribution in [3.05, 3.63) is 68.7 Å². The van der Waals surface area contributed by atoms with E-state index in [1.807, 2.05) is 31.4 Å². The van der Waals surface area contributed by atoms with Gasteiger partial charge in [-0.25, -0.2) is 4.52 Å². The molecule has 160 valence electrons. The lowest BCUT2D eigenvalue weighted by molar-refractivity contribution is -0.384. The van der Waals surface area contributed by atoms with Crippen molar-refractivity contribution in [2.45, 2.75) is 20.3 Å². The Hall–Kier alpha value is -4.12. The number of aromatic nitrogens is 4. The highest BCUT2D eigenvalue weighted by atomic mass is 32.1. The second-order valence-corrected chi connectivity index (χ2v) is 8.18. The van der Waals surface area contributed by atoms with E-state index in [9.17, 15) is 14.9 Å². The van der Waals surface area contributed by atoms with Gasteiger partial charge in [0.1, 0.15) is 5.69 Å². The van der Waals surface area contributed by atoms with Crippen molar-refractivity contribution in [2.75, 3.05) is 5.32 Å². The van der Waals surface area contributed by atoms with Crippen LogP contribution in [-0.4, -0.2) is 30.6 Å². The number of carbonyl (C=O) groups is 1. The summed E-state index contributed by atoms with van der Waals surface area (Å²) < 4.78 is 6.95. The maximum atomic E-state index is 12.6. The number of thiazole rings is 1. The number of carbonyl (C=O) groups excluding carboxylic acids is 1. The fourth-order valence-electron chi connectivity index (χ4n) is 3.38. The van der Waals surface area contributed by atoms with E-state index in [0.717, 1.165) is 27.8 Å². The number of hydrogen-bond donors (Lipinski definition) is 1. The van der Waals surface area contributed by atoms with Crippen molar-refractivity contribution < 1.29 is 14.2 Å². The van der Waals surface area contributed by atoms with Crippen LogP contribution >= 0.6 is 11.3 Å². The number of aryl methyl sites for hydroxylation is 2. The molecule has 0 aliphatic carbocycles. The van der Waals surface area contributed by atoms with Crippen molar-refractivity contribution >= 4 is 44.8 Å². The molecule has 10 nitrogen and oxygen atoms in total. The summed E-state index contributed by atoms with van der Waals surface area (Å²) >= 11 is 1.35. The first-order valence-electron chi connectivity index (χ1n) is 9.63. The molecule has 0 aliphatic heterocycles. The summed E-state index contributed by atoms with van der Waals surface area (Å²) in [4.78, 5) is 27.9. The molecule has 11 heteroatoms. The minimum atomic E-state index is -0.448. The molecule has 1 amide bonds. The highest BCUT2D eigenvalue weighted by Gasteiger charge is 2.17. The Morgan fingerprint density at radius 1 is 1.22 bits per heavy atom. The van der Waals surface area contributed by atoms with Crippen LogP contribution in [0.15, 0.2) is 46.3 Å². The number of non-ortho nitro benzene ring substituents is 1. The van der Waals surface area contributed by atoms with E-state index >= 15 is 0 Å². The Morgan fingerprint density at radius 3 is 2.72 bits per heavy atom. The molecule has 0 bridgehead atoms. The number of amides is 1. The van der Waals surface area contributed by atoms with Crippen molar-refractivity contribution in [2.24, 2.45) is 0 Å². The lowest BCUT2D eigenvalue weighted by Crippen LogP contribution is -2.15. The van der Waals surface area contributed by atoms with Crippen LogP contribution in [-0.2, 0) is 11.2 Å². The Bertz CT molecular complexity index is 1500. The number of nitrogens with one attached hydrogen (secondary N) is 1. The van der Waals surface area contributed by atoms with Gasteiger partial charge in [-0.2, -0.15) is 4.98 Å². The van der Waals surface area contributed by atoms with Crippen LogP contribution < -0.4 is 5.32 Å². The van der Waals surface area contributed by atoms with Crippen LogP contribution in [0.1, 0.15) is 16.8 Å². The molecule has 5 aromatic rings. The van der Waals surface area contributed by atoms with Gasteiger partial charge in [0.05, 0.1) is 17.0 Å². The standard InChI is InChI=1S/C21H16N6O4S/c1-11-7-15-16(25-31-18(15)8-12(11)2)9-19(28)22-20-23-21-26(24-20)17(10-32-21)13-3-5-14(6-4-13)27(29)30/h3-8,10H,9H2,1-2H3,(H,22,24,28). The average molecular weight is 448 g/mol. The van der Waals surface area contributed by atoms with E-state index in [1.165, 1.54) is 23.5 Å². The summed E-state index contributed by atoms with van der Waals surface area (Å²) in [5.41, 5.74) is 4.87. The molecule has 0 atom stereocenters.